The molecule has 0 unspecified atom stereocenters. The Morgan fingerprint density at radius 3 is 2.68 bits per heavy atom. The molecule has 0 aromatic carbocycles. The van der Waals surface area contributed by atoms with E-state index in [4.69, 9.17) is 0 Å². The number of halogens is 2. The number of fused-ring (bicyclic) bond motifs is 1. The lowest BCUT2D eigenvalue weighted by Gasteiger charge is -2.02. The maximum absolute atomic E-state index is 4.53. The third kappa shape index (κ3) is 2.96. The summed E-state index contributed by atoms with van der Waals surface area (Å²) in [6.45, 7) is 0.647. The number of hydrogen-bond acceptors (Lipinski definition) is 3. The van der Waals surface area contributed by atoms with Crippen LogP contribution in [0.4, 0.5) is 5.82 Å². The highest BCUT2D eigenvalue weighted by Crippen LogP contribution is 2.14. The summed E-state index contributed by atoms with van der Waals surface area (Å²) < 4.78 is 4.00. The highest BCUT2D eigenvalue weighted by atomic mass is 79.9. The molecule has 0 aliphatic rings. The molecule has 0 saturated carbocycles. The van der Waals surface area contributed by atoms with Crippen LogP contribution in [0.3, 0.4) is 0 Å². The second kappa shape index (κ2) is 5.30. The van der Waals surface area contributed by atoms with Gasteiger partial charge in [0.1, 0.15) is 11.5 Å². The Labute approximate surface area is 127 Å². The predicted molar refractivity (Wildman–Crippen MR) is 82.2 cm³/mol. The third-order valence-electron chi connectivity index (χ3n) is 2.64. The number of anilines is 1. The maximum Gasteiger partial charge on any atom is 0.137 e. The molecular formula is C13H10Br2N4. The molecule has 0 amide bonds. The summed E-state index contributed by atoms with van der Waals surface area (Å²) in [5.74, 6) is 0.835. The molecule has 3 rings (SSSR count). The van der Waals surface area contributed by atoms with Gasteiger partial charge < -0.3 is 9.72 Å². The van der Waals surface area contributed by atoms with Gasteiger partial charge in [-0.2, -0.15) is 0 Å². The molecule has 0 bridgehead atoms. The van der Waals surface area contributed by atoms with Gasteiger partial charge in [-0.15, -0.1) is 0 Å². The fourth-order valence-electron chi connectivity index (χ4n) is 1.76. The van der Waals surface area contributed by atoms with Crippen LogP contribution in [-0.2, 0) is 6.54 Å². The van der Waals surface area contributed by atoms with Gasteiger partial charge in [-0.1, -0.05) is 0 Å². The van der Waals surface area contributed by atoms with Crippen LogP contribution in [0.25, 0.3) is 5.65 Å². The van der Waals surface area contributed by atoms with Gasteiger partial charge in [-0.25, -0.2) is 9.97 Å². The van der Waals surface area contributed by atoms with E-state index in [9.17, 15) is 0 Å². The van der Waals surface area contributed by atoms with Gasteiger partial charge >= 0.3 is 0 Å². The SMILES string of the molecule is Brc1ccc(NCc2cn3cc(Br)ccc3n2)nc1. The summed E-state index contributed by atoms with van der Waals surface area (Å²) in [5.41, 5.74) is 1.91. The van der Waals surface area contributed by atoms with Crippen molar-refractivity contribution in [3.63, 3.8) is 0 Å². The van der Waals surface area contributed by atoms with Crippen LogP contribution in [-0.4, -0.2) is 14.4 Å². The second-order valence-corrected chi connectivity index (χ2v) is 5.89. The molecule has 0 fully saturated rings. The van der Waals surface area contributed by atoms with Crippen LogP contribution in [0.2, 0.25) is 0 Å². The highest BCUT2D eigenvalue weighted by Gasteiger charge is 2.02. The molecule has 96 valence electrons. The van der Waals surface area contributed by atoms with Crippen molar-refractivity contribution in [1.82, 2.24) is 14.4 Å². The number of pyridine rings is 2. The molecule has 0 spiro atoms. The molecular weight excluding hydrogens is 372 g/mol. The van der Waals surface area contributed by atoms with Crippen LogP contribution >= 0.6 is 31.9 Å². The molecule has 1 N–H and O–H groups in total. The minimum atomic E-state index is 0.647. The minimum Gasteiger partial charge on any atom is -0.364 e. The zero-order chi connectivity index (χ0) is 13.2. The summed E-state index contributed by atoms with van der Waals surface area (Å²) >= 11 is 6.81. The third-order valence-corrected chi connectivity index (χ3v) is 3.58. The van der Waals surface area contributed by atoms with Gasteiger partial charge in [0, 0.05) is 27.5 Å². The van der Waals surface area contributed by atoms with E-state index in [1.165, 1.54) is 0 Å². The van der Waals surface area contributed by atoms with E-state index < -0.39 is 0 Å². The van der Waals surface area contributed by atoms with Crippen molar-refractivity contribution in [3.8, 4) is 0 Å². The number of imidazole rings is 1. The molecule has 0 saturated heterocycles. The summed E-state index contributed by atoms with van der Waals surface area (Å²) in [6.07, 6.45) is 5.76. The molecule has 0 atom stereocenters. The van der Waals surface area contributed by atoms with Crippen molar-refractivity contribution < 1.29 is 0 Å². The summed E-state index contributed by atoms with van der Waals surface area (Å²) in [6, 6.07) is 7.84. The standard InChI is InChI=1S/C13H10Br2N4/c14-9-1-3-12(16-5-9)17-6-11-8-19-7-10(15)2-4-13(19)18-11/h1-5,7-8H,6H2,(H,16,17). The van der Waals surface area contributed by atoms with Crippen molar-refractivity contribution in [2.45, 2.75) is 6.54 Å². The Morgan fingerprint density at radius 2 is 1.89 bits per heavy atom. The van der Waals surface area contributed by atoms with Crippen LogP contribution in [0.5, 0.6) is 0 Å². The Balaban J connectivity index is 1.76. The smallest absolute Gasteiger partial charge is 0.137 e. The lowest BCUT2D eigenvalue weighted by atomic mass is 10.4. The largest absolute Gasteiger partial charge is 0.364 e. The van der Waals surface area contributed by atoms with E-state index in [1.54, 1.807) is 6.20 Å². The minimum absolute atomic E-state index is 0.647. The summed E-state index contributed by atoms with van der Waals surface area (Å²) in [4.78, 5) is 8.79. The van der Waals surface area contributed by atoms with Crippen molar-refractivity contribution >= 4 is 43.3 Å². The van der Waals surface area contributed by atoms with Gasteiger partial charge in [-0.3, -0.25) is 0 Å². The average Bonchev–Trinajstić information content (AvgIpc) is 2.80. The van der Waals surface area contributed by atoms with Crippen LogP contribution in [0.15, 0.2) is 51.8 Å². The van der Waals surface area contributed by atoms with Crippen LogP contribution < -0.4 is 5.32 Å². The van der Waals surface area contributed by atoms with E-state index in [0.29, 0.717) is 6.54 Å². The normalized spacial score (nSPS) is 10.8. The number of rotatable bonds is 3. The first kappa shape index (κ1) is 12.6. The summed E-state index contributed by atoms with van der Waals surface area (Å²) in [5, 5.41) is 3.24. The van der Waals surface area contributed by atoms with Crippen molar-refractivity contribution in [1.29, 1.82) is 0 Å². The topological polar surface area (TPSA) is 42.2 Å². The van der Waals surface area contributed by atoms with Crippen molar-refractivity contribution in [3.05, 3.63) is 57.5 Å². The molecule has 3 heterocycles. The highest BCUT2D eigenvalue weighted by molar-refractivity contribution is 9.10. The lowest BCUT2D eigenvalue weighted by molar-refractivity contribution is 1.06. The maximum atomic E-state index is 4.53. The fourth-order valence-corrected chi connectivity index (χ4v) is 2.35. The van der Waals surface area contributed by atoms with E-state index in [-0.39, 0.29) is 0 Å². The molecule has 4 nitrogen and oxygen atoms in total. The first-order chi connectivity index (χ1) is 9.20. The average molecular weight is 382 g/mol. The molecule has 3 aromatic heterocycles. The first-order valence-corrected chi connectivity index (χ1v) is 7.28. The van der Waals surface area contributed by atoms with Gasteiger partial charge in [0.05, 0.1) is 12.2 Å². The summed E-state index contributed by atoms with van der Waals surface area (Å²) in [7, 11) is 0. The Bertz CT molecular complexity index is 706. The van der Waals surface area contributed by atoms with Gasteiger partial charge in [0.2, 0.25) is 0 Å². The number of aromatic nitrogens is 3. The van der Waals surface area contributed by atoms with Gasteiger partial charge in [0.25, 0.3) is 0 Å². The monoisotopic (exact) mass is 380 g/mol. The van der Waals surface area contributed by atoms with Crippen molar-refractivity contribution in [2.24, 2.45) is 0 Å². The Morgan fingerprint density at radius 1 is 1.05 bits per heavy atom. The predicted octanol–water partition coefficient (Wildman–Crippen LogP) is 3.87. The molecule has 6 heteroatoms. The van der Waals surface area contributed by atoms with E-state index in [1.807, 2.05) is 41.1 Å². The van der Waals surface area contributed by atoms with E-state index in [2.05, 4.69) is 47.1 Å². The van der Waals surface area contributed by atoms with E-state index in [0.717, 1.165) is 26.1 Å². The number of nitrogens with zero attached hydrogens (tertiary/aromatic N) is 3. The zero-order valence-electron chi connectivity index (χ0n) is 9.85. The van der Waals surface area contributed by atoms with Crippen LogP contribution in [0.1, 0.15) is 5.69 Å². The van der Waals surface area contributed by atoms with Crippen molar-refractivity contribution in [2.75, 3.05) is 5.32 Å². The van der Waals surface area contributed by atoms with Gasteiger partial charge in [0.15, 0.2) is 0 Å². The van der Waals surface area contributed by atoms with Gasteiger partial charge in [-0.05, 0) is 56.1 Å². The van der Waals surface area contributed by atoms with E-state index >= 15 is 0 Å². The van der Waals surface area contributed by atoms with Crippen LogP contribution in [0, 0.1) is 0 Å². The first-order valence-electron chi connectivity index (χ1n) is 5.69. The lowest BCUT2D eigenvalue weighted by Crippen LogP contribution is -2.01. The number of hydrogen-bond donors (Lipinski definition) is 1. The Hall–Kier alpha value is -1.40. The quantitative estimate of drug-likeness (QED) is 0.748. The molecule has 3 aromatic rings. The second-order valence-electron chi connectivity index (χ2n) is 4.06. The fraction of sp³-hybridized carbons (Fsp3) is 0.0769. The zero-order valence-corrected chi connectivity index (χ0v) is 13.0. The molecule has 0 radical (unpaired) electrons. The Kier molecular flexibility index (Phi) is 3.52. The molecule has 0 aliphatic heterocycles. The molecule has 19 heavy (non-hydrogen) atoms. The molecule has 0 aliphatic carbocycles. The number of nitrogens with one attached hydrogen (secondary N) is 1.